The number of hydrogen-bond acceptors (Lipinski definition) is 6. The second-order valence-corrected chi connectivity index (χ2v) is 12.0. The van der Waals surface area contributed by atoms with Crippen LogP contribution in [-0.4, -0.2) is 53.5 Å². The third kappa shape index (κ3) is 5.10. The van der Waals surface area contributed by atoms with E-state index in [1.165, 1.54) is 0 Å². The van der Waals surface area contributed by atoms with E-state index in [1.807, 2.05) is 76.2 Å². The quantitative estimate of drug-likeness (QED) is 0.351. The van der Waals surface area contributed by atoms with Gasteiger partial charge in [0.1, 0.15) is 11.9 Å². The van der Waals surface area contributed by atoms with Gasteiger partial charge in [-0.3, -0.25) is 9.59 Å². The first-order valence-electron chi connectivity index (χ1n) is 13.8. The molecule has 9 nitrogen and oxygen atoms in total. The number of nitrogens with zero attached hydrogens (tertiary/aromatic N) is 5. The van der Waals surface area contributed by atoms with Crippen molar-refractivity contribution in [1.29, 1.82) is 0 Å². The molecule has 0 unspecified atom stereocenters. The van der Waals surface area contributed by atoms with Gasteiger partial charge in [0.2, 0.25) is 5.95 Å². The number of aromatic nitrogens is 4. The van der Waals surface area contributed by atoms with E-state index in [1.54, 1.807) is 14.1 Å². The van der Waals surface area contributed by atoms with Crippen LogP contribution in [0.3, 0.4) is 0 Å². The van der Waals surface area contributed by atoms with Gasteiger partial charge in [-0.2, -0.15) is 5.10 Å². The Morgan fingerprint density at radius 3 is 2.44 bits per heavy atom. The van der Waals surface area contributed by atoms with Gasteiger partial charge in [0.25, 0.3) is 11.5 Å². The summed E-state index contributed by atoms with van der Waals surface area (Å²) in [5.74, 6) is 0.965. The maximum absolute atomic E-state index is 14.2. The molecule has 1 atom stereocenters. The van der Waals surface area contributed by atoms with E-state index >= 15 is 0 Å². The number of aryl methyl sites for hydroxylation is 3. The van der Waals surface area contributed by atoms with E-state index in [0.29, 0.717) is 53.5 Å². The van der Waals surface area contributed by atoms with Crippen molar-refractivity contribution in [2.75, 3.05) is 0 Å². The lowest BCUT2D eigenvalue weighted by atomic mass is 9.92. The fraction of sp³-hybridized carbons (Fsp3) is 0.355. The highest BCUT2D eigenvalue weighted by atomic mass is 79.9. The van der Waals surface area contributed by atoms with E-state index in [4.69, 9.17) is 9.72 Å². The van der Waals surface area contributed by atoms with Crippen molar-refractivity contribution in [2.45, 2.75) is 71.8 Å². The molecule has 212 valence electrons. The van der Waals surface area contributed by atoms with E-state index in [0.717, 1.165) is 21.4 Å². The summed E-state index contributed by atoms with van der Waals surface area (Å²) in [7, 11) is 0. The number of halogens is 1. The summed E-state index contributed by atoms with van der Waals surface area (Å²) >= 11 is 3.51. The van der Waals surface area contributed by atoms with Gasteiger partial charge < -0.3 is 14.7 Å². The summed E-state index contributed by atoms with van der Waals surface area (Å²) in [6.07, 6.45) is 1.34. The van der Waals surface area contributed by atoms with Gasteiger partial charge in [-0.25, -0.2) is 14.2 Å². The Labute approximate surface area is 246 Å². The largest absolute Gasteiger partial charge is 0.490 e. The number of ether oxygens (including phenoxy) is 1. The average molecular weight is 619 g/mol. The number of benzene rings is 2. The lowest BCUT2D eigenvalue weighted by Gasteiger charge is -2.34. The molecule has 2 aliphatic rings. The standard InChI is InChI=1S/C31H32BrN5O4/c1-17-11-21(5-10-27(17)32)29(39)35-16-28-26(13-19(35)3)30(40)36(31(33-28)37-20(4)12-18(2)34-37)22-6-8-24(9-7-22)41-25-14-23(38)15-25/h5-12,19,23,25,38H,13-16H2,1-4H3/t19-,23-,25-/m1/s1. The molecule has 0 radical (unpaired) electrons. The maximum Gasteiger partial charge on any atom is 0.263 e. The zero-order chi connectivity index (χ0) is 29.0. The normalized spacial score (nSPS) is 20.0. The van der Waals surface area contributed by atoms with Crippen LogP contribution in [0.25, 0.3) is 11.6 Å². The molecule has 1 N–H and O–H groups in total. The van der Waals surface area contributed by atoms with Crippen molar-refractivity contribution in [2.24, 2.45) is 0 Å². The molecule has 41 heavy (non-hydrogen) atoms. The third-order valence-corrected chi connectivity index (χ3v) is 8.82. The van der Waals surface area contributed by atoms with Crippen LogP contribution in [0.15, 0.2) is 57.8 Å². The minimum atomic E-state index is -0.296. The van der Waals surface area contributed by atoms with Crippen LogP contribution in [0.2, 0.25) is 0 Å². The first-order chi connectivity index (χ1) is 19.6. The van der Waals surface area contributed by atoms with Gasteiger partial charge in [-0.15, -0.1) is 0 Å². The highest BCUT2D eigenvalue weighted by molar-refractivity contribution is 9.10. The topological polar surface area (TPSA) is 102 Å². The molecule has 3 heterocycles. The summed E-state index contributed by atoms with van der Waals surface area (Å²) in [4.78, 5) is 34.5. The minimum absolute atomic E-state index is 0.00251. The van der Waals surface area contributed by atoms with Gasteiger partial charge in [0.05, 0.1) is 29.7 Å². The summed E-state index contributed by atoms with van der Waals surface area (Å²) in [5.41, 5.74) is 4.89. The smallest absolute Gasteiger partial charge is 0.263 e. The van der Waals surface area contributed by atoms with Gasteiger partial charge in [0, 0.05) is 40.2 Å². The summed E-state index contributed by atoms with van der Waals surface area (Å²) < 4.78 is 10.2. The van der Waals surface area contributed by atoms with Crippen molar-refractivity contribution < 1.29 is 14.6 Å². The van der Waals surface area contributed by atoms with Gasteiger partial charge in [0.15, 0.2) is 0 Å². The van der Waals surface area contributed by atoms with Crippen molar-refractivity contribution in [3.05, 3.63) is 97.1 Å². The Balaban J connectivity index is 1.41. The number of aliphatic hydroxyl groups is 1. The van der Waals surface area contributed by atoms with Crippen LogP contribution >= 0.6 is 15.9 Å². The molecule has 2 aromatic heterocycles. The summed E-state index contributed by atoms with van der Waals surface area (Å²) in [5, 5.41) is 14.2. The van der Waals surface area contributed by atoms with Crippen molar-refractivity contribution in [1.82, 2.24) is 24.2 Å². The van der Waals surface area contributed by atoms with Gasteiger partial charge in [-0.1, -0.05) is 15.9 Å². The molecule has 6 rings (SSSR count). The fourth-order valence-corrected chi connectivity index (χ4v) is 5.81. The zero-order valence-corrected chi connectivity index (χ0v) is 25.1. The number of fused-ring (bicyclic) bond motifs is 1. The number of amides is 1. The van der Waals surface area contributed by atoms with Crippen LogP contribution < -0.4 is 10.3 Å². The highest BCUT2D eigenvalue weighted by Gasteiger charge is 2.33. The van der Waals surface area contributed by atoms with Crippen LogP contribution in [0.1, 0.15) is 58.3 Å². The van der Waals surface area contributed by atoms with Crippen LogP contribution in [0.4, 0.5) is 0 Å². The SMILES string of the molecule is Cc1cc(C)n(-c2nc3c(c(=O)n2-c2ccc(O[C@H]4C[C@H](O)C4)cc2)C[C@@H](C)N(C(=O)c2ccc(Br)c(C)c2)C3)n1. The molecular formula is C31H32BrN5O4. The predicted molar refractivity (Wildman–Crippen MR) is 158 cm³/mol. The molecular weight excluding hydrogens is 586 g/mol. The zero-order valence-electron chi connectivity index (χ0n) is 23.5. The molecule has 10 heteroatoms. The summed E-state index contributed by atoms with van der Waals surface area (Å²) in [6, 6.07) is 14.7. The second-order valence-electron chi connectivity index (χ2n) is 11.1. The lowest BCUT2D eigenvalue weighted by Crippen LogP contribution is -2.46. The molecule has 1 fully saturated rings. The first-order valence-corrected chi connectivity index (χ1v) is 14.6. The second kappa shape index (κ2) is 10.6. The van der Waals surface area contributed by atoms with E-state index in [-0.39, 0.29) is 36.3 Å². The Morgan fingerprint density at radius 1 is 1.07 bits per heavy atom. The van der Waals surface area contributed by atoms with E-state index < -0.39 is 0 Å². The van der Waals surface area contributed by atoms with E-state index in [9.17, 15) is 14.7 Å². The number of rotatable bonds is 5. The van der Waals surface area contributed by atoms with Crippen LogP contribution in [0, 0.1) is 20.8 Å². The molecule has 0 spiro atoms. The monoisotopic (exact) mass is 617 g/mol. The minimum Gasteiger partial charge on any atom is -0.490 e. The Bertz CT molecular complexity index is 1700. The number of carbonyl (C=O) groups excluding carboxylic acids is 1. The molecule has 4 aromatic rings. The Hall–Kier alpha value is -3.76. The average Bonchev–Trinajstić information content (AvgIpc) is 3.27. The number of aliphatic hydroxyl groups excluding tert-OH is 1. The first kappa shape index (κ1) is 27.4. The fourth-order valence-electron chi connectivity index (χ4n) is 5.57. The molecule has 1 aliphatic heterocycles. The Morgan fingerprint density at radius 2 is 1.80 bits per heavy atom. The van der Waals surface area contributed by atoms with Gasteiger partial charge >= 0.3 is 0 Å². The molecule has 1 aliphatic carbocycles. The van der Waals surface area contributed by atoms with Crippen LogP contribution in [-0.2, 0) is 13.0 Å². The maximum atomic E-state index is 14.2. The van der Waals surface area contributed by atoms with Crippen LogP contribution in [0.5, 0.6) is 5.75 Å². The molecule has 1 saturated carbocycles. The molecule has 0 bridgehead atoms. The molecule has 1 amide bonds. The van der Waals surface area contributed by atoms with Crippen molar-refractivity contribution >= 4 is 21.8 Å². The molecule has 0 saturated heterocycles. The van der Waals surface area contributed by atoms with Crippen molar-refractivity contribution in [3.8, 4) is 17.4 Å². The predicted octanol–water partition coefficient (Wildman–Crippen LogP) is 4.60. The summed E-state index contributed by atoms with van der Waals surface area (Å²) in [6.45, 7) is 7.97. The van der Waals surface area contributed by atoms with Gasteiger partial charge in [-0.05, 0) is 88.2 Å². The number of carbonyl (C=O) groups is 1. The highest BCUT2D eigenvalue weighted by Crippen LogP contribution is 2.28. The lowest BCUT2D eigenvalue weighted by molar-refractivity contribution is -0.0107. The Kier molecular flexibility index (Phi) is 7.07. The molecule has 2 aromatic carbocycles. The van der Waals surface area contributed by atoms with E-state index in [2.05, 4.69) is 21.0 Å². The van der Waals surface area contributed by atoms with Crippen molar-refractivity contribution in [3.63, 3.8) is 0 Å². The third-order valence-electron chi connectivity index (χ3n) is 7.93. The number of hydrogen-bond donors (Lipinski definition) is 1.